The maximum atomic E-state index is 9.65. The largest absolute Gasteiger partial charge is 0.391 e. The third kappa shape index (κ3) is 1.12. The second kappa shape index (κ2) is 2.49. The zero-order valence-corrected chi connectivity index (χ0v) is 8.35. The van der Waals surface area contributed by atoms with Crippen LogP contribution in [0.4, 0.5) is 0 Å². The van der Waals surface area contributed by atoms with Crippen molar-refractivity contribution >= 4 is 15.9 Å². The molecule has 60 valence electrons. The van der Waals surface area contributed by atoms with Crippen molar-refractivity contribution < 1.29 is 5.11 Å². The van der Waals surface area contributed by atoms with E-state index in [1.54, 1.807) is 0 Å². The smallest absolute Gasteiger partial charge is 0.0718 e. The molecule has 10 heavy (non-hydrogen) atoms. The SMILES string of the molecule is CC1C[C@H](Br)[C@H](O)C1(C)C. The van der Waals surface area contributed by atoms with Crippen LogP contribution in [0.15, 0.2) is 0 Å². The van der Waals surface area contributed by atoms with E-state index in [0.717, 1.165) is 6.42 Å². The fourth-order valence-electron chi connectivity index (χ4n) is 1.53. The standard InChI is InChI=1S/C8H15BrO/c1-5-4-6(9)7(10)8(5,2)3/h5-7,10H,4H2,1-3H3/t5?,6-,7-/m0/s1. The van der Waals surface area contributed by atoms with Gasteiger partial charge < -0.3 is 5.11 Å². The molecule has 1 saturated carbocycles. The van der Waals surface area contributed by atoms with Crippen molar-refractivity contribution in [3.8, 4) is 0 Å². The van der Waals surface area contributed by atoms with Crippen molar-refractivity contribution in [1.29, 1.82) is 0 Å². The van der Waals surface area contributed by atoms with Crippen LogP contribution in [0.2, 0.25) is 0 Å². The molecule has 1 N–H and O–H groups in total. The first-order valence-corrected chi connectivity index (χ1v) is 4.70. The first kappa shape index (κ1) is 8.54. The Kier molecular flexibility index (Phi) is 2.12. The maximum Gasteiger partial charge on any atom is 0.0718 e. The van der Waals surface area contributed by atoms with Gasteiger partial charge in [-0.15, -0.1) is 0 Å². The normalized spacial score (nSPS) is 45.9. The van der Waals surface area contributed by atoms with Gasteiger partial charge in [-0.1, -0.05) is 36.7 Å². The van der Waals surface area contributed by atoms with Crippen molar-refractivity contribution in [3.05, 3.63) is 0 Å². The molecule has 3 atom stereocenters. The van der Waals surface area contributed by atoms with E-state index in [1.807, 2.05) is 0 Å². The van der Waals surface area contributed by atoms with Gasteiger partial charge in [0.1, 0.15) is 0 Å². The van der Waals surface area contributed by atoms with Gasteiger partial charge in [0.15, 0.2) is 0 Å². The molecule has 0 aromatic heterocycles. The van der Waals surface area contributed by atoms with Crippen molar-refractivity contribution in [1.82, 2.24) is 0 Å². The highest BCUT2D eigenvalue weighted by atomic mass is 79.9. The molecule has 0 radical (unpaired) electrons. The predicted octanol–water partition coefficient (Wildman–Crippen LogP) is 2.18. The van der Waals surface area contributed by atoms with E-state index >= 15 is 0 Å². The van der Waals surface area contributed by atoms with Gasteiger partial charge in [0.05, 0.1) is 6.10 Å². The van der Waals surface area contributed by atoms with Gasteiger partial charge in [-0.25, -0.2) is 0 Å². The number of hydrogen-bond donors (Lipinski definition) is 1. The minimum absolute atomic E-state index is 0.0914. The number of halogens is 1. The average Bonchev–Trinajstić information content (AvgIpc) is 1.97. The molecule has 0 amide bonds. The number of hydrogen-bond acceptors (Lipinski definition) is 1. The van der Waals surface area contributed by atoms with Crippen LogP contribution in [-0.2, 0) is 0 Å². The molecule has 2 heteroatoms. The Hall–Kier alpha value is 0.440. The van der Waals surface area contributed by atoms with Gasteiger partial charge >= 0.3 is 0 Å². The summed E-state index contributed by atoms with van der Waals surface area (Å²) in [5.74, 6) is 0.617. The molecule has 1 fully saturated rings. The summed E-state index contributed by atoms with van der Waals surface area (Å²) in [6.07, 6.45) is 0.913. The lowest BCUT2D eigenvalue weighted by atomic mass is 9.82. The van der Waals surface area contributed by atoms with Crippen LogP contribution in [-0.4, -0.2) is 16.0 Å². The van der Waals surface area contributed by atoms with Crippen molar-refractivity contribution in [2.75, 3.05) is 0 Å². The van der Waals surface area contributed by atoms with E-state index in [9.17, 15) is 5.11 Å². The lowest BCUT2D eigenvalue weighted by Gasteiger charge is -2.27. The summed E-state index contributed by atoms with van der Waals surface area (Å²) in [7, 11) is 0. The monoisotopic (exact) mass is 206 g/mol. The highest BCUT2D eigenvalue weighted by molar-refractivity contribution is 9.09. The highest BCUT2D eigenvalue weighted by Crippen LogP contribution is 2.45. The zero-order chi connectivity index (χ0) is 7.94. The van der Waals surface area contributed by atoms with Gasteiger partial charge in [0, 0.05) is 4.83 Å². The Morgan fingerprint density at radius 1 is 1.50 bits per heavy atom. The molecule has 0 aliphatic heterocycles. The van der Waals surface area contributed by atoms with Crippen LogP contribution in [0, 0.1) is 11.3 Å². The van der Waals surface area contributed by atoms with E-state index in [4.69, 9.17) is 0 Å². The summed E-state index contributed by atoms with van der Waals surface area (Å²) in [4.78, 5) is 0.303. The minimum Gasteiger partial charge on any atom is -0.391 e. The van der Waals surface area contributed by atoms with Crippen LogP contribution in [0.3, 0.4) is 0 Å². The first-order valence-electron chi connectivity index (χ1n) is 3.78. The van der Waals surface area contributed by atoms with Crippen molar-refractivity contribution in [2.45, 2.75) is 38.1 Å². The molecule has 1 aliphatic rings. The van der Waals surface area contributed by atoms with Crippen molar-refractivity contribution in [2.24, 2.45) is 11.3 Å². The van der Waals surface area contributed by atoms with Gasteiger partial charge in [0.25, 0.3) is 0 Å². The molecular formula is C8H15BrO. The fraction of sp³-hybridized carbons (Fsp3) is 1.00. The summed E-state index contributed by atoms with van der Waals surface area (Å²) >= 11 is 3.47. The van der Waals surface area contributed by atoms with Gasteiger partial charge in [0.2, 0.25) is 0 Å². The quantitative estimate of drug-likeness (QED) is 0.603. The van der Waals surface area contributed by atoms with Crippen LogP contribution < -0.4 is 0 Å². The molecule has 0 aromatic carbocycles. The summed E-state index contributed by atoms with van der Waals surface area (Å²) in [5.41, 5.74) is 0.0914. The summed E-state index contributed by atoms with van der Waals surface area (Å²) in [5, 5.41) is 9.65. The molecule has 0 spiro atoms. The van der Waals surface area contributed by atoms with Crippen LogP contribution in [0.5, 0.6) is 0 Å². The van der Waals surface area contributed by atoms with Gasteiger partial charge in [-0.2, -0.15) is 0 Å². The lowest BCUT2D eigenvalue weighted by Crippen LogP contribution is -2.30. The number of aliphatic hydroxyl groups is 1. The molecule has 1 rings (SSSR count). The molecule has 0 aromatic rings. The molecule has 0 saturated heterocycles. The van der Waals surface area contributed by atoms with E-state index in [1.165, 1.54) is 0 Å². The molecular weight excluding hydrogens is 192 g/mol. The van der Waals surface area contributed by atoms with Crippen LogP contribution >= 0.6 is 15.9 Å². The van der Waals surface area contributed by atoms with Crippen LogP contribution in [0.25, 0.3) is 0 Å². The molecule has 0 bridgehead atoms. The molecule has 1 nitrogen and oxygen atoms in total. The summed E-state index contributed by atoms with van der Waals surface area (Å²) < 4.78 is 0. The number of alkyl halides is 1. The van der Waals surface area contributed by atoms with Gasteiger partial charge in [-0.3, -0.25) is 0 Å². The van der Waals surface area contributed by atoms with E-state index in [2.05, 4.69) is 36.7 Å². The Balaban J connectivity index is 2.75. The number of aliphatic hydroxyl groups excluding tert-OH is 1. The molecule has 0 heterocycles. The summed E-state index contributed by atoms with van der Waals surface area (Å²) in [6.45, 7) is 6.46. The second-order valence-corrected chi connectivity index (χ2v) is 5.10. The summed E-state index contributed by atoms with van der Waals surface area (Å²) in [6, 6.07) is 0. The second-order valence-electron chi connectivity index (χ2n) is 3.92. The first-order chi connectivity index (χ1) is 4.46. The highest BCUT2D eigenvalue weighted by Gasteiger charge is 2.44. The topological polar surface area (TPSA) is 20.2 Å². The average molecular weight is 207 g/mol. The third-order valence-electron chi connectivity index (χ3n) is 2.95. The Labute approximate surface area is 70.9 Å². The fourth-order valence-corrected chi connectivity index (χ4v) is 2.77. The third-order valence-corrected chi connectivity index (χ3v) is 3.83. The Morgan fingerprint density at radius 2 is 2.00 bits per heavy atom. The number of rotatable bonds is 0. The Bertz CT molecular complexity index is 133. The molecule has 1 aliphatic carbocycles. The van der Waals surface area contributed by atoms with Crippen LogP contribution in [0.1, 0.15) is 27.2 Å². The molecule has 1 unspecified atom stereocenters. The van der Waals surface area contributed by atoms with Gasteiger partial charge in [-0.05, 0) is 17.8 Å². The van der Waals surface area contributed by atoms with Crippen molar-refractivity contribution in [3.63, 3.8) is 0 Å². The van der Waals surface area contributed by atoms with E-state index in [0.29, 0.717) is 10.7 Å². The predicted molar refractivity (Wildman–Crippen MR) is 46.3 cm³/mol. The maximum absolute atomic E-state index is 9.65. The zero-order valence-electron chi connectivity index (χ0n) is 6.76. The van der Waals surface area contributed by atoms with E-state index < -0.39 is 0 Å². The Morgan fingerprint density at radius 3 is 2.10 bits per heavy atom. The minimum atomic E-state index is -0.178. The van der Waals surface area contributed by atoms with E-state index in [-0.39, 0.29) is 11.5 Å². The lowest BCUT2D eigenvalue weighted by molar-refractivity contribution is 0.0624.